The van der Waals surface area contributed by atoms with Gasteiger partial charge in [-0.25, -0.2) is 9.78 Å². The topological polar surface area (TPSA) is 545 Å². The number of urea groups is 1. The number of hydrogen-bond donors (Lipinski definition) is 15. The number of hydrogen-bond acceptors (Lipinski definition) is 22. The van der Waals surface area contributed by atoms with Crippen LogP contribution in [0, 0.1) is 0 Å². The van der Waals surface area contributed by atoms with Crippen molar-refractivity contribution in [1.82, 2.24) is 87.7 Å². The molecule has 8 atom stereocenters. The van der Waals surface area contributed by atoms with Gasteiger partial charge in [0, 0.05) is 128 Å². The molecule has 3 fully saturated rings. The van der Waals surface area contributed by atoms with E-state index in [0.717, 1.165) is 9.80 Å². The van der Waals surface area contributed by atoms with Crippen molar-refractivity contribution in [2.75, 3.05) is 112 Å². The Bertz CT molecular complexity index is 3880. The fourth-order valence-corrected chi connectivity index (χ4v) is 12.7. The third kappa shape index (κ3) is 28.9. The number of aromatic nitrogens is 3. The Morgan fingerprint density at radius 3 is 1.95 bits per heavy atom. The number of unbranched alkanes of at least 4 members (excludes halogenated alkanes) is 1. The van der Waals surface area contributed by atoms with Crippen LogP contribution in [-0.2, 0) is 107 Å². The molecule has 0 saturated carbocycles. The fraction of sp³-hybridized carbons (Fsp3) is 0.548. The van der Waals surface area contributed by atoms with Crippen molar-refractivity contribution in [2.45, 2.75) is 145 Å². The van der Waals surface area contributed by atoms with Gasteiger partial charge in [0.2, 0.25) is 65.0 Å². The van der Waals surface area contributed by atoms with Crippen molar-refractivity contribution in [3.63, 3.8) is 0 Å². The van der Waals surface area contributed by atoms with Crippen molar-refractivity contribution in [2.24, 2.45) is 5.73 Å². The number of carbonyl (C=O) groups excluding carboxylic acids is 12. The average molecular weight is 1570 g/mol. The van der Waals surface area contributed by atoms with Crippen LogP contribution < -0.4 is 58.9 Å². The number of nitrogens with two attached hydrogens (primary N) is 1. The van der Waals surface area contributed by atoms with Gasteiger partial charge in [0.15, 0.2) is 0 Å². The number of amides is 13. The molecule has 3 saturated heterocycles. The van der Waals surface area contributed by atoms with Gasteiger partial charge < -0.3 is 108 Å². The van der Waals surface area contributed by atoms with E-state index in [1.165, 1.54) is 30.5 Å². The Hall–Kier alpha value is -11.3. The predicted molar refractivity (Wildman–Crippen MR) is 397 cm³/mol. The Balaban J connectivity index is 1.24. The summed E-state index contributed by atoms with van der Waals surface area (Å²) in [5.41, 5.74) is 7.83. The standard InChI is InChI=1S/C73H102N18O21/c1-3-29-110-30-19-52-68(104)85-54(36-48-40-79-64-49(48)10-7-23-76-64)66(102)80-41-58(92)82-50(11-4-5-22-77-73(109)90-27-25-89(26-28-90)43-63(99)100)67(103)87-55(37-62(97)98)72(108)91-24-8-12-56(91)70(106)84-51(17-18-61(95)96)65(101)81-42-60(94)88(2)57(35-47-9-6-21-75-38-47)71(107)86-53(69(105)83-52)34-45-13-15-46(16-14-45)39-78-59(93)44-112-33-32-111-31-20-74/h6-7,9-10,13-16,21,23,38,40,50-57H,3-5,8,11-12,17-20,22,24-37,39,41-44,74H2,1-2H3,(H,76,79)(H,77,109)(H,78,93)(H,80,102)(H,81,101)(H,82,92)(H,83,105)(H,84,106)(H,85,104)(H,86,107)(H,87,103)(H,95,96)(H,97,98)(H,99,100)/t50-,51-,52-,53-,54-,55-,56+,57-/m0/s1. The molecular formula is C73H102N18O21. The normalized spacial score (nSPS) is 21.4. The molecule has 4 aromatic rings. The van der Waals surface area contributed by atoms with Crippen LogP contribution in [0.4, 0.5) is 4.79 Å². The summed E-state index contributed by atoms with van der Waals surface area (Å²) in [6.45, 7) is 1.84. The lowest BCUT2D eigenvalue weighted by Crippen LogP contribution is -2.60. The van der Waals surface area contributed by atoms with Gasteiger partial charge in [0.05, 0.1) is 45.9 Å². The molecule has 0 aliphatic carbocycles. The average Bonchev–Trinajstić information content (AvgIpc) is 1.49. The lowest BCUT2D eigenvalue weighted by Gasteiger charge is -2.33. The first kappa shape index (κ1) is 87.9. The lowest BCUT2D eigenvalue weighted by atomic mass is 10.0. The molecule has 0 spiro atoms. The van der Waals surface area contributed by atoms with Crippen LogP contribution in [0.2, 0.25) is 0 Å². The zero-order valence-electron chi connectivity index (χ0n) is 62.7. The number of fused-ring (bicyclic) bond motifs is 2. The molecule has 13 amide bonds. The number of H-pyrrole nitrogens is 1. The van der Waals surface area contributed by atoms with Gasteiger partial charge in [-0.15, -0.1) is 0 Å². The Kier molecular flexibility index (Phi) is 35.9. The molecule has 3 aliphatic rings. The third-order valence-electron chi connectivity index (χ3n) is 18.7. The first-order valence-corrected chi connectivity index (χ1v) is 37.2. The Morgan fingerprint density at radius 2 is 1.24 bits per heavy atom. The van der Waals surface area contributed by atoms with Gasteiger partial charge >= 0.3 is 23.9 Å². The van der Waals surface area contributed by atoms with E-state index in [9.17, 15) is 72.9 Å². The Labute approximate surface area is 645 Å². The van der Waals surface area contributed by atoms with Crippen LogP contribution in [0.15, 0.2) is 73.3 Å². The van der Waals surface area contributed by atoms with Gasteiger partial charge in [-0.3, -0.25) is 77.0 Å². The van der Waals surface area contributed by atoms with Crippen LogP contribution in [0.25, 0.3) is 11.0 Å². The number of nitrogens with zero attached hydrogens (tertiary/aromatic N) is 6. The summed E-state index contributed by atoms with van der Waals surface area (Å²) < 4.78 is 16.5. The summed E-state index contributed by atoms with van der Waals surface area (Å²) in [4.78, 5) is 225. The number of ether oxygens (including phenoxy) is 3. The maximum Gasteiger partial charge on any atom is 0.317 e. The number of likely N-dealkylation sites (N-methyl/N-ethyl adjacent to an activating group) is 1. The van der Waals surface area contributed by atoms with Gasteiger partial charge in [-0.2, -0.15) is 0 Å². The number of rotatable bonds is 32. The monoisotopic (exact) mass is 1570 g/mol. The highest BCUT2D eigenvalue weighted by Crippen LogP contribution is 2.22. The molecule has 0 radical (unpaired) electrons. The number of nitrogens with one attached hydrogen (secondary N) is 11. The van der Waals surface area contributed by atoms with Crippen LogP contribution in [0.5, 0.6) is 0 Å². The maximum absolute atomic E-state index is 15.3. The van der Waals surface area contributed by atoms with Gasteiger partial charge in [-0.05, 0) is 91.8 Å². The predicted octanol–water partition coefficient (Wildman–Crippen LogP) is -3.69. The number of carbonyl (C=O) groups is 15. The molecule has 7 rings (SSSR count). The highest BCUT2D eigenvalue weighted by atomic mass is 16.5. The Morgan fingerprint density at radius 1 is 0.598 bits per heavy atom. The second-order valence-corrected chi connectivity index (χ2v) is 27.1. The SMILES string of the molecule is CCCOCC[C@@H]1NC(=O)[C@H](Cc2ccc(CNC(=O)COCCOCCN)cc2)NC(=O)[C@H](Cc2cccnc2)N(C)C(=O)CNC(=O)[C@H](CCC(=O)O)NC(=O)[C@H]2CCCN2C(=O)[C@H](CC(=O)O)NC(=O)[C@H](CCCCNC(=O)N2CCN(CC(=O)O)CC2)NC(=O)CNC(=O)[C@H](Cc2c[nH]c3ncccc23)NC1=O. The number of benzene rings is 1. The molecule has 3 aromatic heterocycles. The molecule has 39 heteroatoms. The summed E-state index contributed by atoms with van der Waals surface area (Å²) in [6, 6.07) is -0.133. The lowest BCUT2D eigenvalue weighted by molar-refractivity contribution is -0.146. The number of carboxylic acids is 3. The first-order valence-electron chi connectivity index (χ1n) is 37.2. The minimum atomic E-state index is -1.91. The van der Waals surface area contributed by atoms with E-state index in [1.807, 2.05) is 6.92 Å². The summed E-state index contributed by atoms with van der Waals surface area (Å²) in [6.07, 6.45) is 3.33. The van der Waals surface area contributed by atoms with Crippen molar-refractivity contribution >= 4 is 100.0 Å². The van der Waals surface area contributed by atoms with Gasteiger partial charge in [0.1, 0.15) is 60.6 Å². The number of piperazine rings is 1. The fourth-order valence-electron chi connectivity index (χ4n) is 12.7. The van der Waals surface area contributed by atoms with E-state index in [-0.39, 0.29) is 130 Å². The molecule has 16 N–H and O–H groups in total. The highest BCUT2D eigenvalue weighted by Gasteiger charge is 2.42. The molecule has 0 bridgehead atoms. The van der Waals surface area contributed by atoms with Crippen molar-refractivity contribution < 1.29 is 101 Å². The van der Waals surface area contributed by atoms with E-state index < -0.39 is 170 Å². The summed E-state index contributed by atoms with van der Waals surface area (Å²) in [5.74, 6) is -14.3. The van der Waals surface area contributed by atoms with E-state index in [1.54, 1.807) is 59.6 Å². The zero-order chi connectivity index (χ0) is 81.1. The van der Waals surface area contributed by atoms with E-state index in [0.29, 0.717) is 65.9 Å². The number of carboxylic acid groups (broad SMARTS) is 3. The molecule has 610 valence electrons. The molecule has 3 aliphatic heterocycles. The number of aromatic amines is 1. The van der Waals surface area contributed by atoms with E-state index in [4.69, 9.17) is 19.9 Å². The smallest absolute Gasteiger partial charge is 0.317 e. The minimum Gasteiger partial charge on any atom is -0.481 e. The second-order valence-electron chi connectivity index (χ2n) is 27.1. The zero-order valence-corrected chi connectivity index (χ0v) is 62.7. The second kappa shape index (κ2) is 45.8. The number of pyridine rings is 2. The minimum absolute atomic E-state index is 0.0467. The summed E-state index contributed by atoms with van der Waals surface area (Å²) in [7, 11) is 1.25. The van der Waals surface area contributed by atoms with Gasteiger partial charge in [-0.1, -0.05) is 37.3 Å². The molecule has 39 nitrogen and oxygen atoms in total. The summed E-state index contributed by atoms with van der Waals surface area (Å²) >= 11 is 0. The molecule has 1 aromatic carbocycles. The number of aliphatic carboxylic acids is 3. The van der Waals surface area contributed by atoms with Crippen molar-refractivity contribution in [3.05, 3.63) is 95.6 Å². The van der Waals surface area contributed by atoms with Crippen LogP contribution in [0.3, 0.4) is 0 Å². The maximum atomic E-state index is 15.3. The van der Waals surface area contributed by atoms with E-state index in [2.05, 4.69) is 68.1 Å². The highest BCUT2D eigenvalue weighted by molar-refractivity contribution is 6.00. The quantitative estimate of drug-likeness (QED) is 0.0209. The first-order chi connectivity index (χ1) is 53.8. The largest absolute Gasteiger partial charge is 0.481 e. The van der Waals surface area contributed by atoms with Crippen molar-refractivity contribution in [3.8, 4) is 0 Å². The summed E-state index contributed by atoms with van der Waals surface area (Å²) in [5, 5.41) is 55.9. The van der Waals surface area contributed by atoms with Crippen molar-refractivity contribution in [1.29, 1.82) is 0 Å². The van der Waals surface area contributed by atoms with E-state index >= 15 is 14.4 Å². The van der Waals surface area contributed by atoms with Gasteiger partial charge in [0.25, 0.3) is 0 Å². The molecular weight excluding hydrogens is 1460 g/mol. The molecule has 112 heavy (non-hydrogen) atoms. The molecule has 0 unspecified atom stereocenters. The van der Waals surface area contributed by atoms with Crippen LogP contribution in [0.1, 0.15) is 93.4 Å². The third-order valence-corrected chi connectivity index (χ3v) is 18.7. The molecule has 6 heterocycles. The van der Waals surface area contributed by atoms with Crippen LogP contribution in [-0.4, -0.2) is 299 Å². The van der Waals surface area contributed by atoms with Crippen LogP contribution >= 0.6 is 0 Å².